The lowest BCUT2D eigenvalue weighted by Gasteiger charge is -2.14. The van der Waals surface area contributed by atoms with Crippen molar-refractivity contribution in [3.8, 4) is 0 Å². The summed E-state index contributed by atoms with van der Waals surface area (Å²) < 4.78 is 2.22. The van der Waals surface area contributed by atoms with Crippen molar-refractivity contribution in [2.45, 2.75) is 51.1 Å². The zero-order valence-corrected chi connectivity index (χ0v) is 8.82. The molecule has 0 radical (unpaired) electrons. The van der Waals surface area contributed by atoms with E-state index < -0.39 is 0 Å². The van der Waals surface area contributed by atoms with Crippen molar-refractivity contribution in [2.24, 2.45) is 5.73 Å². The van der Waals surface area contributed by atoms with Gasteiger partial charge < -0.3 is 10.3 Å². The summed E-state index contributed by atoms with van der Waals surface area (Å²) in [5, 5.41) is 0. The quantitative estimate of drug-likeness (QED) is 0.796. The molecule has 3 nitrogen and oxygen atoms in total. The van der Waals surface area contributed by atoms with Gasteiger partial charge in [0.25, 0.3) is 0 Å². The SMILES string of the molecule is CC(N)Cn1ccnc1C1CCCC1. The predicted octanol–water partition coefficient (Wildman–Crippen LogP) is 1.89. The van der Waals surface area contributed by atoms with Crippen molar-refractivity contribution in [2.75, 3.05) is 0 Å². The lowest BCUT2D eigenvalue weighted by molar-refractivity contribution is 0.533. The van der Waals surface area contributed by atoms with Crippen molar-refractivity contribution in [3.63, 3.8) is 0 Å². The van der Waals surface area contributed by atoms with Crippen LogP contribution in [0.15, 0.2) is 12.4 Å². The van der Waals surface area contributed by atoms with E-state index in [0.717, 1.165) is 6.54 Å². The molecule has 2 N–H and O–H groups in total. The molecule has 14 heavy (non-hydrogen) atoms. The smallest absolute Gasteiger partial charge is 0.111 e. The van der Waals surface area contributed by atoms with Crippen LogP contribution in [0, 0.1) is 0 Å². The van der Waals surface area contributed by atoms with Gasteiger partial charge in [-0.1, -0.05) is 12.8 Å². The predicted molar refractivity (Wildman–Crippen MR) is 57.1 cm³/mol. The Kier molecular flexibility index (Phi) is 2.87. The molecule has 1 aliphatic rings. The summed E-state index contributed by atoms with van der Waals surface area (Å²) >= 11 is 0. The Morgan fingerprint density at radius 2 is 2.29 bits per heavy atom. The minimum atomic E-state index is 0.212. The van der Waals surface area contributed by atoms with E-state index in [1.807, 2.05) is 13.1 Å². The lowest BCUT2D eigenvalue weighted by Crippen LogP contribution is -2.23. The van der Waals surface area contributed by atoms with Gasteiger partial charge in [-0.2, -0.15) is 0 Å². The Labute approximate surface area is 85.3 Å². The van der Waals surface area contributed by atoms with Crippen LogP contribution in [0.4, 0.5) is 0 Å². The van der Waals surface area contributed by atoms with Crippen LogP contribution in [0.1, 0.15) is 44.3 Å². The van der Waals surface area contributed by atoms with Crippen LogP contribution in [-0.4, -0.2) is 15.6 Å². The van der Waals surface area contributed by atoms with E-state index in [2.05, 4.69) is 15.7 Å². The Balaban J connectivity index is 2.12. The maximum atomic E-state index is 5.80. The Morgan fingerprint density at radius 1 is 1.57 bits per heavy atom. The summed E-state index contributed by atoms with van der Waals surface area (Å²) in [4.78, 5) is 4.46. The fraction of sp³-hybridized carbons (Fsp3) is 0.727. The van der Waals surface area contributed by atoms with Crippen molar-refractivity contribution in [1.82, 2.24) is 9.55 Å². The van der Waals surface area contributed by atoms with Gasteiger partial charge in [-0.3, -0.25) is 0 Å². The van der Waals surface area contributed by atoms with E-state index in [1.54, 1.807) is 0 Å². The van der Waals surface area contributed by atoms with Gasteiger partial charge in [0.05, 0.1) is 0 Å². The molecule has 3 heteroatoms. The first-order chi connectivity index (χ1) is 6.77. The molecule has 0 aromatic carbocycles. The highest BCUT2D eigenvalue weighted by molar-refractivity contribution is 5.02. The first kappa shape index (κ1) is 9.71. The highest BCUT2D eigenvalue weighted by atomic mass is 15.1. The normalized spacial score (nSPS) is 20.1. The molecule has 78 valence electrons. The molecule has 0 amide bonds. The molecule has 0 saturated heterocycles. The van der Waals surface area contributed by atoms with Crippen LogP contribution >= 0.6 is 0 Å². The second-order valence-corrected chi connectivity index (χ2v) is 4.40. The molecule has 1 fully saturated rings. The van der Waals surface area contributed by atoms with Crippen molar-refractivity contribution in [3.05, 3.63) is 18.2 Å². The maximum Gasteiger partial charge on any atom is 0.111 e. The summed E-state index contributed by atoms with van der Waals surface area (Å²) in [5.74, 6) is 1.93. The Morgan fingerprint density at radius 3 is 2.93 bits per heavy atom. The van der Waals surface area contributed by atoms with Gasteiger partial charge >= 0.3 is 0 Å². The molecule has 0 aliphatic heterocycles. The number of aromatic nitrogens is 2. The minimum Gasteiger partial charge on any atom is -0.333 e. The fourth-order valence-electron chi connectivity index (χ4n) is 2.33. The van der Waals surface area contributed by atoms with Gasteiger partial charge in [0.2, 0.25) is 0 Å². The molecule has 1 aliphatic carbocycles. The molecular weight excluding hydrogens is 174 g/mol. The van der Waals surface area contributed by atoms with Gasteiger partial charge in [-0.05, 0) is 19.8 Å². The van der Waals surface area contributed by atoms with Crippen molar-refractivity contribution < 1.29 is 0 Å². The average molecular weight is 193 g/mol. The number of imidazole rings is 1. The van der Waals surface area contributed by atoms with Gasteiger partial charge in [0, 0.05) is 30.9 Å². The number of hydrogen-bond acceptors (Lipinski definition) is 2. The highest BCUT2D eigenvalue weighted by Gasteiger charge is 2.21. The second kappa shape index (κ2) is 4.13. The number of rotatable bonds is 3. The summed E-state index contributed by atoms with van der Waals surface area (Å²) in [5.41, 5.74) is 5.80. The Bertz CT molecular complexity index is 284. The fourth-order valence-corrected chi connectivity index (χ4v) is 2.33. The molecule has 1 unspecified atom stereocenters. The summed E-state index contributed by atoms with van der Waals surface area (Å²) in [6, 6.07) is 0.212. The van der Waals surface area contributed by atoms with E-state index in [9.17, 15) is 0 Å². The third-order valence-corrected chi connectivity index (χ3v) is 2.95. The zero-order valence-electron chi connectivity index (χ0n) is 8.82. The van der Waals surface area contributed by atoms with Gasteiger partial charge in [0.15, 0.2) is 0 Å². The maximum absolute atomic E-state index is 5.80. The summed E-state index contributed by atoms with van der Waals surface area (Å²) in [6.45, 7) is 2.93. The van der Waals surface area contributed by atoms with E-state index in [1.165, 1.54) is 31.5 Å². The molecule has 1 saturated carbocycles. The van der Waals surface area contributed by atoms with Crippen molar-refractivity contribution >= 4 is 0 Å². The monoisotopic (exact) mass is 193 g/mol. The van der Waals surface area contributed by atoms with Gasteiger partial charge in [-0.25, -0.2) is 4.98 Å². The molecule has 2 rings (SSSR count). The lowest BCUT2D eigenvalue weighted by atomic mass is 10.1. The summed E-state index contributed by atoms with van der Waals surface area (Å²) in [6.07, 6.45) is 9.27. The van der Waals surface area contributed by atoms with Crippen LogP contribution in [0.3, 0.4) is 0 Å². The molecule has 0 spiro atoms. The number of nitrogens with zero attached hydrogens (tertiary/aromatic N) is 2. The molecule has 1 aromatic rings. The van der Waals surface area contributed by atoms with Gasteiger partial charge in [0.1, 0.15) is 5.82 Å². The van der Waals surface area contributed by atoms with Crippen molar-refractivity contribution in [1.29, 1.82) is 0 Å². The molecule has 1 atom stereocenters. The number of hydrogen-bond donors (Lipinski definition) is 1. The standard InChI is InChI=1S/C11H19N3/c1-9(12)8-14-7-6-13-11(14)10-4-2-3-5-10/h6-7,9-10H,2-5,8,12H2,1H3. The van der Waals surface area contributed by atoms with Crippen LogP contribution in [0.2, 0.25) is 0 Å². The van der Waals surface area contributed by atoms with Crippen LogP contribution in [-0.2, 0) is 6.54 Å². The van der Waals surface area contributed by atoms with Crippen LogP contribution in [0.25, 0.3) is 0 Å². The summed E-state index contributed by atoms with van der Waals surface area (Å²) in [7, 11) is 0. The third kappa shape index (κ3) is 1.98. The van der Waals surface area contributed by atoms with E-state index in [-0.39, 0.29) is 6.04 Å². The first-order valence-corrected chi connectivity index (χ1v) is 5.54. The van der Waals surface area contributed by atoms with Crippen LogP contribution < -0.4 is 5.73 Å². The van der Waals surface area contributed by atoms with Gasteiger partial charge in [-0.15, -0.1) is 0 Å². The molecule has 1 aromatic heterocycles. The Hall–Kier alpha value is -0.830. The first-order valence-electron chi connectivity index (χ1n) is 5.54. The van der Waals surface area contributed by atoms with E-state index >= 15 is 0 Å². The topological polar surface area (TPSA) is 43.8 Å². The zero-order chi connectivity index (χ0) is 9.97. The molecular formula is C11H19N3. The highest BCUT2D eigenvalue weighted by Crippen LogP contribution is 2.32. The minimum absolute atomic E-state index is 0.212. The third-order valence-electron chi connectivity index (χ3n) is 2.95. The molecule has 0 bridgehead atoms. The molecule has 1 heterocycles. The second-order valence-electron chi connectivity index (χ2n) is 4.40. The van der Waals surface area contributed by atoms with E-state index in [4.69, 9.17) is 5.73 Å². The number of nitrogens with two attached hydrogens (primary N) is 1. The van der Waals surface area contributed by atoms with Crippen LogP contribution in [0.5, 0.6) is 0 Å². The average Bonchev–Trinajstić information content (AvgIpc) is 2.70. The van der Waals surface area contributed by atoms with E-state index in [0.29, 0.717) is 5.92 Å². The largest absolute Gasteiger partial charge is 0.333 e.